The van der Waals surface area contributed by atoms with Crippen LogP contribution in [0, 0.1) is 26.7 Å². The molecule has 12 aromatic rings. The average Bonchev–Trinajstić information content (AvgIpc) is 1.38. The highest BCUT2D eigenvalue weighted by Gasteiger charge is 2.21. The third-order valence-corrected chi connectivity index (χ3v) is 22.0. The van der Waals surface area contributed by atoms with Crippen molar-refractivity contribution in [1.29, 1.82) is 0 Å². The molecule has 3 aliphatic carbocycles. The summed E-state index contributed by atoms with van der Waals surface area (Å²) in [6, 6.07) is 58.8. The van der Waals surface area contributed by atoms with E-state index < -0.39 is 0 Å². The van der Waals surface area contributed by atoms with Gasteiger partial charge in [-0.05, 0) is 256 Å². The van der Waals surface area contributed by atoms with Gasteiger partial charge >= 0.3 is 0 Å². The number of fused-ring (bicyclic) bond motifs is 5. The number of aromatic nitrogens is 2. The summed E-state index contributed by atoms with van der Waals surface area (Å²) in [4.78, 5) is 24.7. The molecule has 0 unspecified atom stereocenters. The molecule has 15 rings (SSSR count). The fourth-order valence-electron chi connectivity index (χ4n) is 12.3. The first-order valence-corrected chi connectivity index (χ1v) is 38.0. The van der Waals surface area contributed by atoms with E-state index in [1.54, 1.807) is 45.5 Å². The SMILES string of the molecule is CC(C)C(=O)n1cc(-c2ccc(Cl)c(Cl)c2)c2cc(Cl)ccc21.CCC(=O)n1cc(-c2ccc(Cl)c(Cl)c2)c2cc(Cl)ccc21.Cc1cc(/C=C/C2=CCc3ccc(Br)cc32)ccc1Cl.Cc1cc(/C=C/C2=CCc3ccc(Cl)cc32)ccc1Cl.Cc1cc(C2=CCc3ccc(Cl)cc32)ccc1Cl. The molecule has 16 heteroatoms. The Balaban J connectivity index is 0.000000129. The zero-order valence-corrected chi connectivity index (χ0v) is 66.6. The highest BCUT2D eigenvalue weighted by molar-refractivity contribution is 9.10. The van der Waals surface area contributed by atoms with Crippen LogP contribution in [-0.4, -0.2) is 20.9 Å². The Morgan fingerprint density at radius 3 is 1.29 bits per heavy atom. The van der Waals surface area contributed by atoms with Gasteiger partial charge in [0, 0.05) is 86.3 Å². The summed E-state index contributed by atoms with van der Waals surface area (Å²) < 4.78 is 4.46. The molecule has 0 N–H and O–H groups in total. The molecule has 0 saturated carbocycles. The van der Waals surface area contributed by atoms with Crippen molar-refractivity contribution in [3.8, 4) is 22.3 Å². The van der Waals surface area contributed by atoms with Crippen LogP contribution in [0.1, 0.15) is 104 Å². The zero-order valence-electron chi connectivity index (χ0n) is 56.7. The third kappa shape index (κ3) is 18.6. The number of hydrogen-bond acceptors (Lipinski definition) is 2. The highest BCUT2D eigenvalue weighted by Crippen LogP contribution is 2.41. The van der Waals surface area contributed by atoms with Gasteiger partial charge in [-0.1, -0.05) is 268 Å². The van der Waals surface area contributed by atoms with Gasteiger partial charge in [-0.2, -0.15) is 0 Å². The molecule has 0 bridgehead atoms. The predicted molar refractivity (Wildman–Crippen MR) is 449 cm³/mol. The summed E-state index contributed by atoms with van der Waals surface area (Å²) in [5.41, 5.74) is 23.7. The molecule has 4 nitrogen and oxygen atoms in total. The van der Waals surface area contributed by atoms with E-state index in [9.17, 15) is 9.59 Å². The van der Waals surface area contributed by atoms with Crippen LogP contribution in [0.15, 0.2) is 229 Å². The Kier molecular flexibility index (Phi) is 25.8. The van der Waals surface area contributed by atoms with Crippen molar-refractivity contribution in [2.45, 2.75) is 67.2 Å². The lowest BCUT2D eigenvalue weighted by atomic mass is 9.98. The smallest absolute Gasteiger partial charge is 0.233 e. The Labute approximate surface area is 665 Å². The quantitative estimate of drug-likeness (QED) is 0.145. The molecule has 103 heavy (non-hydrogen) atoms. The minimum Gasteiger partial charge on any atom is -0.287 e. The highest BCUT2D eigenvalue weighted by atomic mass is 79.9. The number of carbonyl (C=O) groups is 2. The summed E-state index contributed by atoms with van der Waals surface area (Å²) in [5.74, 6) is -0.0507. The number of nitrogens with zero attached hydrogens (tertiary/aromatic N) is 2. The van der Waals surface area contributed by atoms with Gasteiger partial charge in [0.05, 0.1) is 31.1 Å². The summed E-state index contributed by atoms with van der Waals surface area (Å²) in [6.07, 6.45) is 22.4. The fraction of sp³-hybridized carbons (Fsp3) is 0.126. The van der Waals surface area contributed by atoms with Crippen LogP contribution in [0.4, 0.5) is 0 Å². The van der Waals surface area contributed by atoms with E-state index in [1.165, 1.54) is 61.2 Å². The maximum absolute atomic E-state index is 12.5. The third-order valence-electron chi connectivity index (χ3n) is 17.8. The molecular weight excluding hydrogens is 1570 g/mol. The molecule has 0 atom stereocenters. The number of halogens is 12. The second-order valence-corrected chi connectivity index (χ2v) is 30.8. The first kappa shape index (κ1) is 77.1. The normalized spacial score (nSPS) is 12.6. The largest absolute Gasteiger partial charge is 0.287 e. The Bertz CT molecular complexity index is 5330. The second-order valence-electron chi connectivity index (χ2n) is 25.2. The molecule has 520 valence electrons. The van der Waals surface area contributed by atoms with E-state index in [1.807, 2.05) is 145 Å². The van der Waals surface area contributed by atoms with Crippen LogP contribution in [-0.2, 0) is 19.3 Å². The molecular formula is C87H66BrCl11N2O2. The summed E-state index contributed by atoms with van der Waals surface area (Å²) in [6.45, 7) is 11.7. The van der Waals surface area contributed by atoms with Gasteiger partial charge in [0.1, 0.15) is 0 Å². The minimum atomic E-state index is -0.108. The fourth-order valence-corrected chi connectivity index (χ4v) is 14.3. The molecule has 0 saturated heterocycles. The lowest BCUT2D eigenvalue weighted by molar-refractivity contribution is 0.0859. The molecule has 2 aromatic heterocycles. The number of aryl methyl sites for hydroxylation is 3. The molecule has 0 spiro atoms. The van der Waals surface area contributed by atoms with Gasteiger partial charge in [-0.15, -0.1) is 0 Å². The van der Waals surface area contributed by atoms with E-state index in [4.69, 9.17) is 128 Å². The van der Waals surface area contributed by atoms with Crippen LogP contribution in [0.5, 0.6) is 0 Å². The van der Waals surface area contributed by atoms with Crippen molar-refractivity contribution in [2.24, 2.45) is 5.92 Å². The Hall–Kier alpha value is -7.01. The molecule has 3 aliphatic rings. The van der Waals surface area contributed by atoms with Crippen LogP contribution in [0.3, 0.4) is 0 Å². The van der Waals surface area contributed by atoms with Gasteiger partial charge in [0.2, 0.25) is 11.8 Å². The van der Waals surface area contributed by atoms with Crippen molar-refractivity contribution in [1.82, 2.24) is 9.13 Å². The maximum Gasteiger partial charge on any atom is 0.233 e. The first-order valence-electron chi connectivity index (χ1n) is 33.0. The van der Waals surface area contributed by atoms with Crippen molar-refractivity contribution in [3.05, 3.63) is 351 Å². The van der Waals surface area contributed by atoms with Crippen LogP contribution >= 0.6 is 144 Å². The van der Waals surface area contributed by atoms with Crippen molar-refractivity contribution in [3.63, 3.8) is 0 Å². The zero-order chi connectivity index (χ0) is 73.5. The lowest BCUT2D eigenvalue weighted by Gasteiger charge is -2.08. The monoisotopic (exact) mass is 1630 g/mol. The van der Waals surface area contributed by atoms with Gasteiger partial charge in [-0.3, -0.25) is 18.7 Å². The topological polar surface area (TPSA) is 44.0 Å². The lowest BCUT2D eigenvalue weighted by Crippen LogP contribution is -2.15. The number of rotatable bonds is 9. The summed E-state index contributed by atoms with van der Waals surface area (Å²) in [5, 5.41) is 9.00. The standard InChI is InChI=1S/C18H14BrCl.C18H14Cl3NO.C18H14Cl2.C17H12Cl3NO.C16H12Cl2/c1-12-10-13(3-9-18(12)20)2-4-14-5-6-15-7-8-16(19)11-17(14)15;1-10(2)18(23)22-9-14(11-3-5-15(20)16(21)7-11)13-8-12(19)4-6-17(13)22;1-12-10-13(3-9-18(12)20)2-4-14-5-6-15-7-8-16(19)11-17(14)15;1-2-17(22)21-9-13(10-3-5-14(19)15(20)7-10)12-8-11(18)4-6-16(12)21;1-10-8-12(4-7-16(10)18)14-6-3-11-2-5-13(17)9-15(11)14/h2-5,7-11H,6H2,1H3;3-10H,1-2H3;2-5,7-11H,6H2,1H3;3-9H,2H2,1H3;2,4-9H,3H2,1H3/b4-2+;;4-2+;;. The maximum atomic E-state index is 12.5. The van der Waals surface area contributed by atoms with Crippen LogP contribution in [0.2, 0.25) is 55.2 Å². The number of benzene rings is 10. The van der Waals surface area contributed by atoms with Gasteiger partial charge in [0.15, 0.2) is 0 Å². The van der Waals surface area contributed by atoms with Gasteiger partial charge in [0.25, 0.3) is 0 Å². The van der Waals surface area contributed by atoms with E-state index in [0.717, 1.165) is 115 Å². The Morgan fingerprint density at radius 1 is 0.398 bits per heavy atom. The molecule has 10 aromatic carbocycles. The van der Waals surface area contributed by atoms with Crippen LogP contribution < -0.4 is 0 Å². The number of hydrogen-bond donors (Lipinski definition) is 0. The average molecular weight is 1640 g/mol. The van der Waals surface area contributed by atoms with Gasteiger partial charge in [-0.25, -0.2) is 0 Å². The molecule has 0 fully saturated rings. The van der Waals surface area contributed by atoms with Crippen molar-refractivity contribution in [2.75, 3.05) is 0 Å². The van der Waals surface area contributed by atoms with E-state index in [0.29, 0.717) is 36.6 Å². The molecule has 0 amide bonds. The van der Waals surface area contributed by atoms with Crippen molar-refractivity contribution < 1.29 is 9.59 Å². The minimum absolute atomic E-state index is 0.0265. The molecule has 0 radical (unpaired) electrons. The number of allylic oxidation sites excluding steroid dienone is 7. The number of carbonyl (C=O) groups excluding carboxylic acids is 2. The van der Waals surface area contributed by atoms with E-state index >= 15 is 0 Å². The predicted octanol–water partition coefficient (Wildman–Crippen LogP) is 30.2. The van der Waals surface area contributed by atoms with Crippen LogP contribution in [0.25, 0.3) is 72.9 Å². The van der Waals surface area contributed by atoms with E-state index in [2.05, 4.69) is 113 Å². The first-order chi connectivity index (χ1) is 49.3. The van der Waals surface area contributed by atoms with Gasteiger partial charge < -0.3 is 0 Å². The van der Waals surface area contributed by atoms with Crippen molar-refractivity contribution >= 4 is 206 Å². The molecule has 2 heterocycles. The van der Waals surface area contributed by atoms with E-state index in [-0.39, 0.29) is 17.7 Å². The molecule has 0 aliphatic heterocycles. The summed E-state index contributed by atoms with van der Waals surface area (Å²) >= 11 is 70.3. The Morgan fingerprint density at radius 2 is 0.806 bits per heavy atom. The summed E-state index contributed by atoms with van der Waals surface area (Å²) in [7, 11) is 0. The second kappa shape index (κ2) is 34.5.